The number of aromatic nitrogens is 4. The summed E-state index contributed by atoms with van der Waals surface area (Å²) in [5.74, 6) is -1.91. The molecule has 3 aromatic heterocycles. The topological polar surface area (TPSA) is 156 Å². The summed E-state index contributed by atoms with van der Waals surface area (Å²) in [5, 5.41) is 16.9. The molecule has 0 aromatic carbocycles. The fourth-order valence-electron chi connectivity index (χ4n) is 8.10. The number of carboxylic acid groups (broad SMARTS) is 1. The summed E-state index contributed by atoms with van der Waals surface area (Å²) in [5.41, 5.74) is 9.90. The van der Waals surface area contributed by atoms with Gasteiger partial charge in [-0.05, 0) is 123 Å². The third kappa shape index (κ3) is 11.2. The standard InChI is InChI=1S/C46H64N8O4.Cu/c1-11-31-27(3)35-24-37-29(5)33(17-18-41(55)47-19-13-15-21-53(7)8)44(51-37)34(23-42(56)48-20-14-16-22-54(9)10)45-43(46(57)58)30(6)38(52-45)26-40-32(12-2)28(4)36(50-40)25-39(31)49-35;/h11,24-26,29,33H,1,12-23H2,2-10H3,(H5,47,48,49,50,51,52,55,56,57,58);/q;+2/p-2/t29-,33-;/m0./s1. The van der Waals surface area contributed by atoms with E-state index in [1.165, 1.54) is 0 Å². The molecule has 2 aliphatic rings. The summed E-state index contributed by atoms with van der Waals surface area (Å²) in [6.07, 6.45) is 6.69. The van der Waals surface area contributed by atoms with Gasteiger partial charge in [-0.3, -0.25) is 14.6 Å². The Labute approximate surface area is 360 Å². The summed E-state index contributed by atoms with van der Waals surface area (Å²) in [4.78, 5) is 65.1. The van der Waals surface area contributed by atoms with Crippen LogP contribution in [0.25, 0.3) is 39.3 Å². The van der Waals surface area contributed by atoms with Gasteiger partial charge in [0.15, 0.2) is 0 Å². The number of rotatable bonds is 18. The van der Waals surface area contributed by atoms with Crippen LogP contribution in [0.5, 0.6) is 0 Å². The second-order valence-electron chi connectivity index (χ2n) is 16.3. The first-order valence-corrected chi connectivity index (χ1v) is 20.7. The van der Waals surface area contributed by atoms with Crippen LogP contribution >= 0.6 is 0 Å². The van der Waals surface area contributed by atoms with Crippen molar-refractivity contribution in [3.8, 4) is 0 Å². The van der Waals surface area contributed by atoms with Crippen molar-refractivity contribution in [3.63, 3.8) is 0 Å². The van der Waals surface area contributed by atoms with Gasteiger partial charge in [0.05, 0.1) is 17.8 Å². The molecule has 321 valence electrons. The quantitative estimate of drug-likeness (QED) is 0.0901. The van der Waals surface area contributed by atoms with Gasteiger partial charge in [0.1, 0.15) is 0 Å². The van der Waals surface area contributed by atoms with Crippen LogP contribution in [0.2, 0.25) is 0 Å². The third-order valence-electron chi connectivity index (χ3n) is 11.5. The maximum atomic E-state index is 13.9. The molecule has 5 heterocycles. The Bertz CT molecular complexity index is 2230. The molecule has 1 radical (unpaired) electrons. The second kappa shape index (κ2) is 21.1. The number of carbonyl (C=O) groups excluding carboxylic acids is 2. The van der Waals surface area contributed by atoms with Gasteiger partial charge in [0.25, 0.3) is 0 Å². The molecule has 0 saturated heterocycles. The summed E-state index contributed by atoms with van der Waals surface area (Å²) < 4.78 is 0. The number of hydrogen-bond acceptors (Lipinski definition) is 7. The molecule has 3 N–H and O–H groups in total. The molecule has 8 bridgehead atoms. The summed E-state index contributed by atoms with van der Waals surface area (Å²) in [6.45, 7) is 17.0. The molecule has 3 aromatic rings. The monoisotopic (exact) mass is 853 g/mol. The number of nitrogens with zero attached hydrogens (tertiary/aromatic N) is 6. The van der Waals surface area contributed by atoms with E-state index in [1.807, 2.05) is 66.3 Å². The zero-order chi connectivity index (χ0) is 42.3. The van der Waals surface area contributed by atoms with E-state index in [2.05, 4.69) is 40.9 Å². The smallest absolute Gasteiger partial charge is 0.657 e. The number of aryl methyl sites for hydroxylation is 2. The van der Waals surface area contributed by atoms with E-state index in [-0.39, 0.29) is 64.6 Å². The van der Waals surface area contributed by atoms with E-state index in [0.29, 0.717) is 54.0 Å². The van der Waals surface area contributed by atoms with E-state index in [4.69, 9.17) is 19.9 Å². The molecule has 0 fully saturated rings. The first kappa shape index (κ1) is 47.1. The van der Waals surface area contributed by atoms with Crippen LogP contribution in [0.1, 0.15) is 133 Å². The van der Waals surface area contributed by atoms with Crippen LogP contribution in [0.15, 0.2) is 24.8 Å². The van der Waals surface area contributed by atoms with Crippen molar-refractivity contribution in [2.75, 3.05) is 54.4 Å². The predicted molar refractivity (Wildman–Crippen MR) is 234 cm³/mol. The number of unbranched alkanes of at least 4 members (excludes halogenated alkanes) is 2. The van der Waals surface area contributed by atoms with Crippen molar-refractivity contribution >= 4 is 57.1 Å². The van der Waals surface area contributed by atoms with E-state index in [0.717, 1.165) is 83.5 Å². The van der Waals surface area contributed by atoms with Crippen molar-refractivity contribution in [1.82, 2.24) is 40.4 Å². The Kier molecular flexibility index (Phi) is 16.9. The number of hydrogen-bond donors (Lipinski definition) is 3. The minimum atomic E-state index is -1.14. The van der Waals surface area contributed by atoms with E-state index in [1.54, 1.807) is 6.92 Å². The van der Waals surface area contributed by atoms with Gasteiger partial charge in [-0.15, -0.1) is 22.1 Å². The van der Waals surface area contributed by atoms with Crippen molar-refractivity contribution in [2.24, 2.45) is 0 Å². The van der Waals surface area contributed by atoms with Crippen LogP contribution in [0.3, 0.4) is 0 Å². The van der Waals surface area contributed by atoms with Gasteiger partial charge in [0.2, 0.25) is 11.8 Å². The SMILES string of the molecule is C=Cc1c(C)c2cc3nc(c(CC(=O)NCCCCN(C)C)c4[n-]c(cc5nc(cc1[n-]2)C(C)=C5CC)c(C)c4C(=O)O)[C@@H](CCC(=O)NCCCCN(C)C)[C@@H]3C.[Cu+2]. The van der Waals surface area contributed by atoms with Crippen LogP contribution in [0, 0.1) is 13.8 Å². The fraction of sp³-hybridized carbons (Fsp3) is 0.500. The summed E-state index contributed by atoms with van der Waals surface area (Å²) >= 11 is 0. The molecule has 2 aliphatic heterocycles. The average Bonchev–Trinajstić information content (AvgIpc) is 3.85. The van der Waals surface area contributed by atoms with Crippen LogP contribution in [0.4, 0.5) is 0 Å². The van der Waals surface area contributed by atoms with Crippen LogP contribution < -0.4 is 20.6 Å². The Hall–Kier alpha value is -4.55. The third-order valence-corrected chi connectivity index (χ3v) is 11.5. The number of amides is 2. The zero-order valence-electron chi connectivity index (χ0n) is 36.3. The summed E-state index contributed by atoms with van der Waals surface area (Å²) in [6, 6.07) is 5.83. The van der Waals surface area contributed by atoms with Crippen molar-refractivity contribution in [2.45, 2.75) is 97.8 Å². The normalized spacial score (nSPS) is 15.1. The maximum absolute atomic E-state index is 13.9. The van der Waals surface area contributed by atoms with E-state index < -0.39 is 5.97 Å². The van der Waals surface area contributed by atoms with Gasteiger partial charge >= 0.3 is 23.0 Å². The fourth-order valence-corrected chi connectivity index (χ4v) is 8.10. The number of aromatic carboxylic acids is 1. The van der Waals surface area contributed by atoms with Gasteiger partial charge < -0.3 is 35.5 Å². The van der Waals surface area contributed by atoms with Crippen LogP contribution in [-0.2, 0) is 33.1 Å². The number of carboxylic acids is 1. The molecule has 0 unspecified atom stereocenters. The molecule has 2 amide bonds. The van der Waals surface area contributed by atoms with Gasteiger partial charge in [-0.1, -0.05) is 55.8 Å². The minimum absolute atomic E-state index is 0. The Morgan fingerprint density at radius 1 is 0.847 bits per heavy atom. The molecular formula is C46H62CuN8O4. The predicted octanol–water partition coefficient (Wildman–Crippen LogP) is 7.00. The number of carbonyl (C=O) groups is 3. The molecule has 0 saturated carbocycles. The minimum Gasteiger partial charge on any atom is -0.657 e. The molecule has 59 heavy (non-hydrogen) atoms. The van der Waals surface area contributed by atoms with Gasteiger partial charge in [-0.25, -0.2) is 9.78 Å². The number of nitrogens with one attached hydrogen (secondary N) is 2. The van der Waals surface area contributed by atoms with Crippen molar-refractivity contribution < 1.29 is 36.6 Å². The van der Waals surface area contributed by atoms with Crippen molar-refractivity contribution in [3.05, 3.63) is 75.4 Å². The van der Waals surface area contributed by atoms with Crippen LogP contribution in [-0.4, -0.2) is 97.0 Å². The van der Waals surface area contributed by atoms with E-state index >= 15 is 0 Å². The first-order chi connectivity index (χ1) is 27.6. The average molecular weight is 855 g/mol. The number of allylic oxidation sites excluding steroid dienone is 2. The first-order valence-electron chi connectivity index (χ1n) is 20.7. The molecule has 2 atom stereocenters. The van der Waals surface area contributed by atoms with Crippen molar-refractivity contribution in [1.29, 1.82) is 0 Å². The maximum Gasteiger partial charge on any atom is 2.00 e. The Morgan fingerprint density at radius 2 is 1.46 bits per heavy atom. The second-order valence-corrected chi connectivity index (χ2v) is 16.3. The molecule has 5 rings (SSSR count). The zero-order valence-corrected chi connectivity index (χ0v) is 37.3. The molecular weight excluding hydrogens is 792 g/mol. The van der Waals surface area contributed by atoms with E-state index in [9.17, 15) is 19.5 Å². The van der Waals surface area contributed by atoms with Gasteiger partial charge in [0, 0.05) is 48.3 Å². The molecule has 0 aliphatic carbocycles. The molecule has 0 spiro atoms. The summed E-state index contributed by atoms with van der Waals surface area (Å²) in [7, 11) is 8.11. The largest absolute Gasteiger partial charge is 2.00 e. The Balaban J connectivity index is 0.00000769. The molecule has 12 nitrogen and oxygen atoms in total. The van der Waals surface area contributed by atoms with Gasteiger partial charge in [-0.2, -0.15) is 0 Å². The molecule has 13 heteroatoms. The number of fused-ring (bicyclic) bond motifs is 8. The Morgan fingerprint density at radius 3 is 2.05 bits per heavy atom.